The van der Waals surface area contributed by atoms with Crippen molar-refractivity contribution in [1.82, 2.24) is 30.0 Å². The third kappa shape index (κ3) is 3.03. The highest BCUT2D eigenvalue weighted by molar-refractivity contribution is 5.80. The number of aromatic nitrogens is 5. The Labute approximate surface area is 153 Å². The zero-order chi connectivity index (χ0) is 18.3. The van der Waals surface area contributed by atoms with Gasteiger partial charge in [0.25, 0.3) is 0 Å². The molecule has 136 valence electrons. The van der Waals surface area contributed by atoms with Crippen LogP contribution in [0.4, 0.5) is 5.95 Å². The number of nitrogens with one attached hydrogen (secondary N) is 1. The lowest BCUT2D eigenvalue weighted by atomic mass is 9.90. The fourth-order valence-corrected chi connectivity index (χ4v) is 3.85. The minimum Gasteiger partial charge on any atom is -0.368 e. The van der Waals surface area contributed by atoms with Crippen molar-refractivity contribution >= 4 is 17.0 Å². The topological polar surface area (TPSA) is 94.5 Å². The van der Waals surface area contributed by atoms with Crippen LogP contribution in [0, 0.1) is 20.8 Å². The lowest BCUT2D eigenvalue weighted by Crippen LogP contribution is -2.26. The van der Waals surface area contributed by atoms with Crippen molar-refractivity contribution in [1.29, 1.82) is 0 Å². The molecule has 0 spiro atoms. The van der Waals surface area contributed by atoms with Crippen molar-refractivity contribution in [2.75, 3.05) is 18.8 Å². The van der Waals surface area contributed by atoms with Gasteiger partial charge in [0.15, 0.2) is 0 Å². The van der Waals surface area contributed by atoms with Gasteiger partial charge in [-0.3, -0.25) is 9.67 Å². The molecule has 0 saturated carbocycles. The summed E-state index contributed by atoms with van der Waals surface area (Å²) in [7, 11) is 0. The molecule has 0 atom stereocenters. The molecular weight excluding hydrogens is 326 g/mol. The fourth-order valence-electron chi connectivity index (χ4n) is 3.85. The third-order valence-electron chi connectivity index (χ3n) is 5.27. The first-order valence-electron chi connectivity index (χ1n) is 9.16. The molecule has 1 aliphatic heterocycles. The van der Waals surface area contributed by atoms with Crippen LogP contribution in [-0.2, 0) is 6.54 Å². The van der Waals surface area contributed by atoms with Crippen LogP contribution in [-0.4, -0.2) is 37.8 Å². The van der Waals surface area contributed by atoms with Gasteiger partial charge >= 0.3 is 0 Å². The molecule has 1 saturated heterocycles. The van der Waals surface area contributed by atoms with Crippen LogP contribution in [0.5, 0.6) is 0 Å². The van der Waals surface area contributed by atoms with Gasteiger partial charge in [-0.2, -0.15) is 5.10 Å². The number of hydrogen-bond acceptors (Lipinski definition) is 6. The predicted octanol–water partition coefficient (Wildman–Crippen LogP) is 2.24. The Bertz CT molecular complexity index is 954. The van der Waals surface area contributed by atoms with Gasteiger partial charge in [0, 0.05) is 6.20 Å². The minimum absolute atomic E-state index is 0.290. The first-order valence-corrected chi connectivity index (χ1v) is 9.16. The molecule has 0 amide bonds. The molecule has 3 aromatic heterocycles. The summed E-state index contributed by atoms with van der Waals surface area (Å²) < 4.78 is 1.94. The number of aryl methyl sites for hydroxylation is 3. The second-order valence-corrected chi connectivity index (χ2v) is 7.16. The molecule has 0 aliphatic carbocycles. The minimum atomic E-state index is 0.290. The zero-order valence-corrected chi connectivity index (χ0v) is 15.6. The Kier molecular flexibility index (Phi) is 4.32. The van der Waals surface area contributed by atoms with E-state index in [1.807, 2.05) is 24.7 Å². The summed E-state index contributed by atoms with van der Waals surface area (Å²) in [5.74, 6) is 0.904. The molecule has 0 bridgehead atoms. The van der Waals surface area contributed by atoms with E-state index in [1.54, 1.807) is 0 Å². The Hall–Kier alpha value is -2.54. The van der Waals surface area contributed by atoms with Crippen LogP contribution < -0.4 is 11.1 Å². The van der Waals surface area contributed by atoms with Crippen LogP contribution in [0.15, 0.2) is 12.3 Å². The fraction of sp³-hybridized carbons (Fsp3) is 0.474. The number of piperidine rings is 1. The average Bonchev–Trinajstić information content (AvgIpc) is 2.93. The summed E-state index contributed by atoms with van der Waals surface area (Å²) in [6, 6.07) is 2.29. The molecule has 26 heavy (non-hydrogen) atoms. The first kappa shape index (κ1) is 16.9. The highest BCUT2D eigenvalue weighted by Gasteiger charge is 2.18. The summed E-state index contributed by atoms with van der Waals surface area (Å²) in [6.07, 6.45) is 4.40. The highest BCUT2D eigenvalue weighted by Crippen LogP contribution is 2.26. The molecule has 0 unspecified atom stereocenters. The largest absolute Gasteiger partial charge is 0.368 e. The number of nitrogen functional groups attached to an aromatic ring is 1. The number of rotatable bonds is 3. The summed E-state index contributed by atoms with van der Waals surface area (Å²) in [5.41, 5.74) is 12.8. The molecule has 3 N–H and O–H groups in total. The lowest BCUT2D eigenvalue weighted by Gasteiger charge is -2.23. The van der Waals surface area contributed by atoms with Gasteiger partial charge in [-0.25, -0.2) is 9.97 Å². The van der Waals surface area contributed by atoms with Crippen molar-refractivity contribution in [3.05, 3.63) is 40.5 Å². The van der Waals surface area contributed by atoms with Gasteiger partial charge in [-0.1, -0.05) is 6.07 Å². The van der Waals surface area contributed by atoms with Crippen molar-refractivity contribution in [3.8, 4) is 0 Å². The molecule has 1 fully saturated rings. The molecular formula is C19H25N7. The summed E-state index contributed by atoms with van der Waals surface area (Å²) in [4.78, 5) is 13.4. The van der Waals surface area contributed by atoms with E-state index in [2.05, 4.69) is 33.4 Å². The number of pyridine rings is 1. The molecule has 7 nitrogen and oxygen atoms in total. The summed E-state index contributed by atoms with van der Waals surface area (Å²) in [5, 5.41) is 8.07. The van der Waals surface area contributed by atoms with E-state index < -0.39 is 0 Å². The van der Waals surface area contributed by atoms with Crippen LogP contribution in [0.2, 0.25) is 0 Å². The molecule has 4 rings (SSSR count). The van der Waals surface area contributed by atoms with E-state index in [-0.39, 0.29) is 0 Å². The van der Waals surface area contributed by atoms with Gasteiger partial charge < -0.3 is 11.1 Å². The molecule has 3 aromatic rings. The second kappa shape index (κ2) is 6.64. The van der Waals surface area contributed by atoms with Gasteiger partial charge in [0.1, 0.15) is 11.0 Å². The predicted molar refractivity (Wildman–Crippen MR) is 102 cm³/mol. The van der Waals surface area contributed by atoms with Crippen molar-refractivity contribution in [3.63, 3.8) is 0 Å². The average molecular weight is 351 g/mol. The number of fused-ring (bicyclic) bond motifs is 1. The summed E-state index contributed by atoms with van der Waals surface area (Å²) in [6.45, 7) is 8.81. The molecule has 0 radical (unpaired) electrons. The van der Waals surface area contributed by atoms with E-state index in [0.29, 0.717) is 18.4 Å². The molecule has 7 heteroatoms. The van der Waals surface area contributed by atoms with E-state index in [9.17, 15) is 0 Å². The van der Waals surface area contributed by atoms with Crippen molar-refractivity contribution in [2.24, 2.45) is 0 Å². The number of hydrogen-bond donors (Lipinski definition) is 2. The molecule has 1 aliphatic rings. The van der Waals surface area contributed by atoms with Crippen LogP contribution in [0.3, 0.4) is 0 Å². The Morgan fingerprint density at radius 2 is 1.92 bits per heavy atom. The van der Waals surface area contributed by atoms with Crippen molar-refractivity contribution in [2.45, 2.75) is 46.1 Å². The second-order valence-electron chi connectivity index (χ2n) is 7.16. The Morgan fingerprint density at radius 3 is 2.65 bits per heavy atom. The summed E-state index contributed by atoms with van der Waals surface area (Å²) >= 11 is 0. The zero-order valence-electron chi connectivity index (χ0n) is 15.6. The van der Waals surface area contributed by atoms with Gasteiger partial charge in [-0.05, 0) is 63.7 Å². The highest BCUT2D eigenvalue weighted by atomic mass is 15.3. The van der Waals surface area contributed by atoms with Gasteiger partial charge in [0.05, 0.1) is 23.6 Å². The smallest absolute Gasteiger partial charge is 0.220 e. The number of anilines is 1. The molecule has 4 heterocycles. The first-order chi connectivity index (χ1) is 12.5. The van der Waals surface area contributed by atoms with Crippen LogP contribution in [0.25, 0.3) is 11.0 Å². The van der Waals surface area contributed by atoms with E-state index >= 15 is 0 Å². The SMILES string of the molecule is Cc1cc(C2CCNCC2)cnc1Cn1nc(C)c2nc(N)nc(C)c21. The Balaban J connectivity index is 1.66. The maximum absolute atomic E-state index is 5.79. The quantitative estimate of drug-likeness (QED) is 0.751. The third-order valence-corrected chi connectivity index (χ3v) is 5.27. The maximum Gasteiger partial charge on any atom is 0.220 e. The monoisotopic (exact) mass is 351 g/mol. The van der Waals surface area contributed by atoms with Gasteiger partial charge in [-0.15, -0.1) is 0 Å². The standard InChI is InChI=1S/C19H25N7/c1-11-8-15(14-4-6-21-7-5-14)9-22-16(11)10-26-18-13(3)23-19(20)24-17(18)12(2)25-26/h8-9,14,21H,4-7,10H2,1-3H3,(H2,20,23,24). The number of nitrogens with two attached hydrogens (primary N) is 1. The lowest BCUT2D eigenvalue weighted by molar-refractivity contribution is 0.459. The van der Waals surface area contributed by atoms with Crippen molar-refractivity contribution < 1.29 is 0 Å². The molecule has 0 aromatic carbocycles. The Morgan fingerprint density at radius 1 is 1.15 bits per heavy atom. The van der Waals surface area contributed by atoms with Gasteiger partial charge in [0.2, 0.25) is 5.95 Å². The normalized spacial score (nSPS) is 15.7. The van der Waals surface area contributed by atoms with Crippen LogP contribution in [0.1, 0.15) is 47.0 Å². The van der Waals surface area contributed by atoms with Crippen LogP contribution >= 0.6 is 0 Å². The van der Waals surface area contributed by atoms with E-state index in [4.69, 9.17) is 10.7 Å². The maximum atomic E-state index is 5.79. The van der Waals surface area contributed by atoms with E-state index in [0.717, 1.165) is 41.2 Å². The van der Waals surface area contributed by atoms with E-state index in [1.165, 1.54) is 24.0 Å². The number of nitrogens with zero attached hydrogens (tertiary/aromatic N) is 5.